The van der Waals surface area contributed by atoms with E-state index in [1.165, 1.54) is 29.5 Å². The molecular weight excluding hydrogens is 423 g/mol. The third kappa shape index (κ3) is 6.17. The molecule has 158 valence electrons. The highest BCUT2D eigenvalue weighted by molar-refractivity contribution is 7.13. The number of benzene rings is 1. The second-order valence-corrected chi connectivity index (χ2v) is 9.16. The van der Waals surface area contributed by atoms with Crippen molar-refractivity contribution in [3.8, 4) is 0 Å². The smallest absolute Gasteiger partial charge is 0.286 e. The number of carbonyl (C=O) groups excluding carboxylic acids is 2. The van der Waals surface area contributed by atoms with Crippen LogP contribution in [-0.4, -0.2) is 22.0 Å². The van der Waals surface area contributed by atoms with Gasteiger partial charge in [0.25, 0.3) is 5.91 Å². The summed E-state index contributed by atoms with van der Waals surface area (Å²) in [6.07, 6.45) is 1.55. The molecule has 0 unspecified atom stereocenters. The number of rotatable bonds is 9. The summed E-state index contributed by atoms with van der Waals surface area (Å²) >= 11 is 2.81. The van der Waals surface area contributed by atoms with Gasteiger partial charge in [0.2, 0.25) is 10.9 Å². The lowest BCUT2D eigenvalue weighted by Crippen LogP contribution is -2.31. The molecule has 0 fully saturated rings. The Kier molecular flexibility index (Phi) is 7.64. The molecule has 0 aliphatic carbocycles. The van der Waals surface area contributed by atoms with E-state index in [9.17, 15) is 14.0 Å². The van der Waals surface area contributed by atoms with Crippen molar-refractivity contribution >= 4 is 40.2 Å². The Morgan fingerprint density at radius 1 is 1.17 bits per heavy atom. The maximum Gasteiger partial charge on any atom is 0.286 e. The highest BCUT2D eigenvalue weighted by Crippen LogP contribution is 2.26. The monoisotopic (exact) mass is 446 g/mol. The van der Waals surface area contributed by atoms with Crippen LogP contribution in [0.25, 0.3) is 0 Å². The van der Waals surface area contributed by atoms with Crippen LogP contribution in [0.4, 0.5) is 10.1 Å². The van der Waals surface area contributed by atoms with Crippen LogP contribution in [0.1, 0.15) is 52.4 Å². The summed E-state index contributed by atoms with van der Waals surface area (Å²) in [5.74, 6) is -0.564. The fraction of sp³-hybridized carbons (Fsp3) is 0.333. The quantitative estimate of drug-likeness (QED) is 0.493. The summed E-state index contributed by atoms with van der Waals surface area (Å²) in [4.78, 5) is 25.7. The summed E-state index contributed by atoms with van der Waals surface area (Å²) in [6.45, 7) is 4.17. The van der Waals surface area contributed by atoms with Gasteiger partial charge >= 0.3 is 0 Å². The average molecular weight is 447 g/mol. The van der Waals surface area contributed by atoms with Gasteiger partial charge in [-0.3, -0.25) is 9.59 Å². The molecule has 6 nitrogen and oxygen atoms in total. The Morgan fingerprint density at radius 3 is 2.70 bits per heavy atom. The standard InChI is InChI=1S/C21H23FN4O2S2/c1-13(2)19(16-8-5-11-29-16)24-17(27)9-4-10-18-25-26-21(30-18)20(28)23-15-7-3-6-14(22)12-15/h3,5-8,11-13,19H,4,9-10H2,1-2H3,(H,23,28)(H,24,27)/t19-/m0/s1. The molecule has 1 aromatic carbocycles. The van der Waals surface area contributed by atoms with Crippen molar-refractivity contribution in [2.75, 3.05) is 5.32 Å². The number of carbonyl (C=O) groups is 2. The Morgan fingerprint density at radius 2 is 2.00 bits per heavy atom. The van der Waals surface area contributed by atoms with E-state index in [0.717, 1.165) is 4.88 Å². The van der Waals surface area contributed by atoms with Crippen LogP contribution in [0.5, 0.6) is 0 Å². The number of hydrogen-bond donors (Lipinski definition) is 2. The van der Waals surface area contributed by atoms with E-state index < -0.39 is 11.7 Å². The molecule has 9 heteroatoms. The van der Waals surface area contributed by atoms with Crippen molar-refractivity contribution in [1.29, 1.82) is 0 Å². The van der Waals surface area contributed by atoms with E-state index in [1.807, 2.05) is 17.5 Å². The predicted octanol–water partition coefficient (Wildman–Crippen LogP) is 4.83. The molecule has 0 saturated carbocycles. The van der Waals surface area contributed by atoms with Crippen LogP contribution in [-0.2, 0) is 11.2 Å². The number of amides is 2. The Hall–Kier alpha value is -2.65. The molecule has 30 heavy (non-hydrogen) atoms. The fourth-order valence-electron chi connectivity index (χ4n) is 2.88. The maximum atomic E-state index is 13.2. The lowest BCUT2D eigenvalue weighted by Gasteiger charge is -2.21. The highest BCUT2D eigenvalue weighted by atomic mass is 32.1. The van der Waals surface area contributed by atoms with Crippen molar-refractivity contribution in [3.63, 3.8) is 0 Å². The van der Waals surface area contributed by atoms with Crippen LogP contribution in [0.3, 0.4) is 0 Å². The van der Waals surface area contributed by atoms with Crippen LogP contribution in [0.2, 0.25) is 0 Å². The molecule has 2 amide bonds. The van der Waals surface area contributed by atoms with Gasteiger partial charge < -0.3 is 10.6 Å². The third-order valence-corrected chi connectivity index (χ3v) is 6.31. The summed E-state index contributed by atoms with van der Waals surface area (Å²) in [5, 5.41) is 16.5. The van der Waals surface area contributed by atoms with Crippen molar-refractivity contribution in [2.24, 2.45) is 5.92 Å². The molecule has 2 heterocycles. The normalized spacial score (nSPS) is 12.0. The molecule has 0 radical (unpaired) electrons. The molecule has 1 atom stereocenters. The predicted molar refractivity (Wildman–Crippen MR) is 117 cm³/mol. The summed E-state index contributed by atoms with van der Waals surface area (Å²) in [5.41, 5.74) is 0.360. The van der Waals surface area contributed by atoms with E-state index in [-0.39, 0.29) is 17.0 Å². The van der Waals surface area contributed by atoms with Gasteiger partial charge in [0.15, 0.2) is 0 Å². The molecule has 0 aliphatic rings. The Bertz CT molecular complexity index is 989. The minimum absolute atomic E-state index is 0.00399. The lowest BCUT2D eigenvalue weighted by molar-refractivity contribution is -0.122. The first-order chi connectivity index (χ1) is 14.4. The molecule has 2 N–H and O–H groups in total. The Labute approximate surface area is 182 Å². The van der Waals surface area contributed by atoms with Gasteiger partial charge in [-0.05, 0) is 42.0 Å². The van der Waals surface area contributed by atoms with Gasteiger partial charge in [0.1, 0.15) is 10.8 Å². The zero-order valence-electron chi connectivity index (χ0n) is 16.7. The molecule has 3 rings (SSSR count). The summed E-state index contributed by atoms with van der Waals surface area (Å²) in [6, 6.07) is 9.69. The van der Waals surface area contributed by atoms with Crippen LogP contribution < -0.4 is 10.6 Å². The summed E-state index contributed by atoms with van der Waals surface area (Å²) in [7, 11) is 0. The van der Waals surface area contributed by atoms with Crippen LogP contribution >= 0.6 is 22.7 Å². The first-order valence-corrected chi connectivity index (χ1v) is 11.3. The number of hydrogen-bond acceptors (Lipinski definition) is 6. The van der Waals surface area contributed by atoms with Gasteiger partial charge in [0, 0.05) is 23.4 Å². The Balaban J connectivity index is 1.47. The lowest BCUT2D eigenvalue weighted by atomic mass is 10.0. The minimum Gasteiger partial charge on any atom is -0.348 e. The number of nitrogens with one attached hydrogen (secondary N) is 2. The van der Waals surface area contributed by atoms with Gasteiger partial charge in [0.05, 0.1) is 6.04 Å². The summed E-state index contributed by atoms with van der Waals surface area (Å²) < 4.78 is 13.2. The molecule has 0 saturated heterocycles. The minimum atomic E-state index is -0.433. The number of aryl methyl sites for hydroxylation is 1. The second-order valence-electron chi connectivity index (χ2n) is 7.12. The average Bonchev–Trinajstić information content (AvgIpc) is 3.38. The maximum absolute atomic E-state index is 13.2. The van der Waals surface area contributed by atoms with Gasteiger partial charge in [-0.25, -0.2) is 4.39 Å². The van der Waals surface area contributed by atoms with E-state index in [4.69, 9.17) is 0 Å². The zero-order chi connectivity index (χ0) is 21.5. The van der Waals surface area contributed by atoms with Crippen molar-refractivity contribution in [3.05, 3.63) is 62.5 Å². The number of aromatic nitrogens is 2. The van der Waals surface area contributed by atoms with Gasteiger partial charge in [-0.1, -0.05) is 37.3 Å². The molecule has 3 aromatic rings. The topological polar surface area (TPSA) is 84.0 Å². The first-order valence-electron chi connectivity index (χ1n) is 9.64. The second kappa shape index (κ2) is 10.4. The number of nitrogens with zero attached hydrogens (tertiary/aromatic N) is 2. The molecular formula is C21H23FN4O2S2. The van der Waals surface area contributed by atoms with E-state index in [2.05, 4.69) is 34.7 Å². The molecule has 0 aliphatic heterocycles. The van der Waals surface area contributed by atoms with Crippen LogP contribution in [0, 0.1) is 11.7 Å². The first kappa shape index (κ1) is 22.0. The number of thiophene rings is 1. The molecule has 0 spiro atoms. The highest BCUT2D eigenvalue weighted by Gasteiger charge is 2.19. The van der Waals surface area contributed by atoms with Gasteiger partial charge in [-0.2, -0.15) is 0 Å². The van der Waals surface area contributed by atoms with Crippen molar-refractivity contribution in [1.82, 2.24) is 15.5 Å². The molecule has 0 bridgehead atoms. The van der Waals surface area contributed by atoms with Crippen molar-refractivity contribution < 1.29 is 14.0 Å². The van der Waals surface area contributed by atoms with E-state index in [0.29, 0.717) is 35.9 Å². The zero-order valence-corrected chi connectivity index (χ0v) is 18.4. The molecule has 2 aromatic heterocycles. The van der Waals surface area contributed by atoms with Crippen LogP contribution in [0.15, 0.2) is 41.8 Å². The van der Waals surface area contributed by atoms with E-state index in [1.54, 1.807) is 17.4 Å². The largest absolute Gasteiger partial charge is 0.348 e. The van der Waals surface area contributed by atoms with Crippen molar-refractivity contribution in [2.45, 2.75) is 39.2 Å². The number of anilines is 1. The van der Waals surface area contributed by atoms with Gasteiger partial charge in [-0.15, -0.1) is 21.5 Å². The third-order valence-electron chi connectivity index (χ3n) is 4.37. The SMILES string of the molecule is CC(C)[C@H](NC(=O)CCCc1nnc(C(=O)Nc2cccc(F)c2)s1)c1cccs1. The number of halogens is 1. The fourth-order valence-corrected chi connectivity index (χ4v) is 4.60. The van der Waals surface area contributed by atoms with E-state index >= 15 is 0 Å².